The number of methoxy groups -OCH3 is 1. The topological polar surface area (TPSA) is 55.8 Å². The quantitative estimate of drug-likeness (QED) is 0.724. The number of carbonyl (C=O) groups excluding carboxylic acids is 2. The first kappa shape index (κ1) is 16.5. The lowest BCUT2D eigenvalue weighted by Crippen LogP contribution is -2.33. The lowest BCUT2D eigenvalue weighted by Gasteiger charge is -2.16. The van der Waals surface area contributed by atoms with Crippen molar-refractivity contribution in [3.05, 3.63) is 29.8 Å². The second-order valence-corrected chi connectivity index (χ2v) is 5.54. The van der Waals surface area contributed by atoms with Gasteiger partial charge in [0.1, 0.15) is 5.75 Å². The number of hydrogen-bond donors (Lipinski definition) is 0. The number of hydrogen-bond acceptors (Lipinski definition) is 4. The van der Waals surface area contributed by atoms with E-state index in [0.29, 0.717) is 30.3 Å². The molecule has 5 heteroatoms. The number of nitrogens with zero attached hydrogens (tertiary/aromatic N) is 1. The molecule has 1 aliphatic heterocycles. The number of ketones is 1. The number of amides is 1. The maximum Gasteiger partial charge on any atom is 0.260 e. The Balaban J connectivity index is 1.80. The van der Waals surface area contributed by atoms with Gasteiger partial charge in [-0.1, -0.05) is 6.92 Å². The van der Waals surface area contributed by atoms with Gasteiger partial charge in [-0.05, 0) is 30.7 Å². The fourth-order valence-electron chi connectivity index (χ4n) is 2.61. The SMILES string of the molecule is CCC(=O)c1ccc(OCC(=O)N2CC[C@H](COC)C2)cc1. The summed E-state index contributed by atoms with van der Waals surface area (Å²) in [5, 5.41) is 0. The molecule has 0 unspecified atom stereocenters. The number of carbonyl (C=O) groups is 2. The van der Waals surface area contributed by atoms with E-state index in [1.807, 2.05) is 11.8 Å². The first-order valence-electron chi connectivity index (χ1n) is 7.66. The third kappa shape index (κ3) is 4.31. The Labute approximate surface area is 131 Å². The monoisotopic (exact) mass is 305 g/mol. The Morgan fingerprint density at radius 3 is 2.64 bits per heavy atom. The normalized spacial score (nSPS) is 17.5. The fraction of sp³-hybridized carbons (Fsp3) is 0.529. The van der Waals surface area contributed by atoms with Crippen LogP contribution in [0.1, 0.15) is 30.1 Å². The summed E-state index contributed by atoms with van der Waals surface area (Å²) in [6.45, 7) is 4.05. The summed E-state index contributed by atoms with van der Waals surface area (Å²) in [5.41, 5.74) is 0.670. The van der Waals surface area contributed by atoms with Gasteiger partial charge in [-0.25, -0.2) is 0 Å². The van der Waals surface area contributed by atoms with E-state index in [9.17, 15) is 9.59 Å². The molecule has 120 valence electrons. The van der Waals surface area contributed by atoms with E-state index in [2.05, 4.69) is 0 Å². The average molecular weight is 305 g/mol. The Kier molecular flexibility index (Phi) is 5.95. The van der Waals surface area contributed by atoms with Gasteiger partial charge < -0.3 is 14.4 Å². The van der Waals surface area contributed by atoms with E-state index >= 15 is 0 Å². The van der Waals surface area contributed by atoms with Crippen LogP contribution in [0, 0.1) is 5.92 Å². The van der Waals surface area contributed by atoms with Crippen LogP contribution in [0.15, 0.2) is 24.3 Å². The number of rotatable bonds is 7. The summed E-state index contributed by atoms with van der Waals surface area (Å²) >= 11 is 0. The molecule has 1 amide bonds. The van der Waals surface area contributed by atoms with Crippen molar-refractivity contribution >= 4 is 11.7 Å². The van der Waals surface area contributed by atoms with Crippen molar-refractivity contribution in [3.8, 4) is 5.75 Å². The lowest BCUT2D eigenvalue weighted by molar-refractivity contribution is -0.132. The minimum absolute atomic E-state index is 0.00712. The van der Waals surface area contributed by atoms with Gasteiger partial charge in [0.25, 0.3) is 5.91 Å². The molecule has 0 spiro atoms. The summed E-state index contributed by atoms with van der Waals surface area (Å²) in [4.78, 5) is 25.5. The smallest absolute Gasteiger partial charge is 0.260 e. The maximum absolute atomic E-state index is 12.1. The minimum Gasteiger partial charge on any atom is -0.484 e. The highest BCUT2D eigenvalue weighted by atomic mass is 16.5. The molecule has 1 fully saturated rings. The lowest BCUT2D eigenvalue weighted by atomic mass is 10.1. The predicted octanol–water partition coefficient (Wildman–Crippen LogP) is 2.15. The van der Waals surface area contributed by atoms with Crippen molar-refractivity contribution in [2.75, 3.05) is 33.4 Å². The molecule has 1 aliphatic rings. The predicted molar refractivity (Wildman–Crippen MR) is 83.1 cm³/mol. The van der Waals surface area contributed by atoms with Gasteiger partial charge in [-0.3, -0.25) is 9.59 Å². The zero-order chi connectivity index (χ0) is 15.9. The van der Waals surface area contributed by atoms with Crippen LogP contribution in [0.5, 0.6) is 5.75 Å². The van der Waals surface area contributed by atoms with E-state index in [1.54, 1.807) is 31.4 Å². The number of benzene rings is 1. The summed E-state index contributed by atoms with van der Waals surface area (Å²) in [6.07, 6.45) is 1.46. The molecule has 2 rings (SSSR count). The van der Waals surface area contributed by atoms with Crippen molar-refractivity contribution < 1.29 is 19.1 Å². The Morgan fingerprint density at radius 2 is 2.00 bits per heavy atom. The third-order valence-electron chi connectivity index (χ3n) is 3.90. The molecule has 1 heterocycles. The van der Waals surface area contributed by atoms with Crippen LogP contribution in [-0.2, 0) is 9.53 Å². The maximum atomic E-state index is 12.1. The molecule has 0 N–H and O–H groups in total. The third-order valence-corrected chi connectivity index (χ3v) is 3.90. The zero-order valence-electron chi connectivity index (χ0n) is 13.2. The molecule has 22 heavy (non-hydrogen) atoms. The standard InChI is InChI=1S/C17H23NO4/c1-3-16(19)14-4-6-15(7-5-14)22-12-17(20)18-9-8-13(10-18)11-21-2/h4-7,13H,3,8-12H2,1-2H3/t13-/m0/s1. The van der Waals surface area contributed by atoms with Crippen LogP contribution in [-0.4, -0.2) is 50.0 Å². The molecule has 0 bridgehead atoms. The van der Waals surface area contributed by atoms with E-state index in [1.165, 1.54) is 0 Å². The van der Waals surface area contributed by atoms with Crippen LogP contribution < -0.4 is 4.74 Å². The molecule has 0 aliphatic carbocycles. The number of ether oxygens (including phenoxy) is 2. The van der Waals surface area contributed by atoms with Gasteiger partial charge in [0.15, 0.2) is 12.4 Å². The minimum atomic E-state index is -0.00712. The summed E-state index contributed by atoms with van der Waals surface area (Å²) in [7, 11) is 1.68. The van der Waals surface area contributed by atoms with Gasteiger partial charge in [-0.15, -0.1) is 0 Å². The van der Waals surface area contributed by atoms with Crippen LogP contribution in [0.25, 0.3) is 0 Å². The van der Waals surface area contributed by atoms with Gasteiger partial charge in [0.05, 0.1) is 6.61 Å². The van der Waals surface area contributed by atoms with Gasteiger partial charge in [0.2, 0.25) is 0 Å². The van der Waals surface area contributed by atoms with Crippen molar-refractivity contribution in [2.24, 2.45) is 5.92 Å². The van der Waals surface area contributed by atoms with Crippen LogP contribution in [0.2, 0.25) is 0 Å². The van der Waals surface area contributed by atoms with E-state index < -0.39 is 0 Å². The molecular formula is C17H23NO4. The molecular weight excluding hydrogens is 282 g/mol. The van der Waals surface area contributed by atoms with E-state index in [4.69, 9.17) is 9.47 Å². The van der Waals surface area contributed by atoms with Crippen molar-refractivity contribution in [2.45, 2.75) is 19.8 Å². The Morgan fingerprint density at radius 1 is 1.27 bits per heavy atom. The van der Waals surface area contributed by atoms with Gasteiger partial charge in [0, 0.05) is 38.1 Å². The first-order valence-corrected chi connectivity index (χ1v) is 7.66. The number of likely N-dealkylation sites (tertiary alicyclic amines) is 1. The van der Waals surface area contributed by atoms with Gasteiger partial charge in [-0.2, -0.15) is 0 Å². The molecule has 1 atom stereocenters. The highest BCUT2D eigenvalue weighted by molar-refractivity contribution is 5.95. The van der Waals surface area contributed by atoms with Crippen molar-refractivity contribution in [1.82, 2.24) is 4.90 Å². The van der Waals surface area contributed by atoms with E-state index in [0.717, 1.165) is 19.5 Å². The molecule has 0 aromatic heterocycles. The summed E-state index contributed by atoms with van der Waals surface area (Å²) in [6, 6.07) is 6.92. The molecule has 0 saturated carbocycles. The van der Waals surface area contributed by atoms with Gasteiger partial charge >= 0.3 is 0 Å². The largest absolute Gasteiger partial charge is 0.484 e. The molecule has 0 radical (unpaired) electrons. The Bertz CT molecular complexity index is 512. The fourth-order valence-corrected chi connectivity index (χ4v) is 2.61. The van der Waals surface area contributed by atoms with Crippen LogP contribution in [0.3, 0.4) is 0 Å². The second-order valence-electron chi connectivity index (χ2n) is 5.54. The summed E-state index contributed by atoms with van der Waals surface area (Å²) < 4.78 is 10.6. The second kappa shape index (κ2) is 7.94. The van der Waals surface area contributed by atoms with Crippen LogP contribution in [0.4, 0.5) is 0 Å². The highest BCUT2D eigenvalue weighted by Crippen LogP contribution is 2.17. The summed E-state index contributed by atoms with van der Waals surface area (Å²) in [5.74, 6) is 1.12. The molecule has 1 aromatic carbocycles. The van der Waals surface area contributed by atoms with Crippen molar-refractivity contribution in [1.29, 1.82) is 0 Å². The zero-order valence-corrected chi connectivity index (χ0v) is 13.2. The van der Waals surface area contributed by atoms with E-state index in [-0.39, 0.29) is 18.3 Å². The highest BCUT2D eigenvalue weighted by Gasteiger charge is 2.26. The Hall–Kier alpha value is -1.88. The van der Waals surface area contributed by atoms with Crippen LogP contribution >= 0.6 is 0 Å². The molecule has 1 saturated heterocycles. The average Bonchev–Trinajstić information content (AvgIpc) is 3.01. The number of Topliss-reactive ketones (excluding diaryl/α,β-unsaturated/α-hetero) is 1. The van der Waals surface area contributed by atoms with Crippen molar-refractivity contribution in [3.63, 3.8) is 0 Å². The molecule has 1 aromatic rings. The first-order chi connectivity index (χ1) is 10.6. The molecule has 5 nitrogen and oxygen atoms in total.